The smallest absolute Gasteiger partial charge is 0.313 e. The number of nitrogens with zero attached hydrogens (tertiary/aromatic N) is 1. The van der Waals surface area contributed by atoms with Crippen LogP contribution >= 0.6 is 11.6 Å². The fourth-order valence-corrected chi connectivity index (χ4v) is 1.69. The zero-order valence-electron chi connectivity index (χ0n) is 9.45. The van der Waals surface area contributed by atoms with Gasteiger partial charge in [0.1, 0.15) is 17.6 Å². The summed E-state index contributed by atoms with van der Waals surface area (Å²) in [6.07, 6.45) is 1.39. The number of aromatic nitrogens is 2. The molecule has 18 heavy (non-hydrogen) atoms. The number of hydrogen-bond donors (Lipinski definition) is 2. The number of halogens is 2. The Morgan fingerprint density at radius 3 is 2.94 bits per heavy atom. The molecule has 0 amide bonds. The number of carboxylic acid groups (broad SMARTS) is 1. The molecule has 0 aliphatic carbocycles. The van der Waals surface area contributed by atoms with E-state index in [1.165, 1.54) is 31.3 Å². The number of carboxylic acids is 1. The fourth-order valence-electron chi connectivity index (χ4n) is 1.51. The molecule has 0 aliphatic rings. The van der Waals surface area contributed by atoms with Crippen LogP contribution in [0.25, 0.3) is 11.3 Å². The van der Waals surface area contributed by atoms with Crippen molar-refractivity contribution in [1.82, 2.24) is 9.97 Å². The molecule has 0 saturated heterocycles. The lowest BCUT2D eigenvalue weighted by Gasteiger charge is -2.02. The van der Waals surface area contributed by atoms with Crippen molar-refractivity contribution in [2.24, 2.45) is 0 Å². The number of carbonyl (C=O) groups is 1. The number of H-pyrrole nitrogens is 1. The summed E-state index contributed by atoms with van der Waals surface area (Å²) < 4.78 is 13.6. The van der Waals surface area contributed by atoms with Crippen LogP contribution in [0.3, 0.4) is 0 Å². The maximum absolute atomic E-state index is 13.6. The molecule has 1 heterocycles. The molecule has 2 N–H and O–H groups in total. The summed E-state index contributed by atoms with van der Waals surface area (Å²) in [6, 6.07) is 4.15. The van der Waals surface area contributed by atoms with Gasteiger partial charge in [-0.2, -0.15) is 0 Å². The second-order valence-corrected chi connectivity index (χ2v) is 4.30. The van der Waals surface area contributed by atoms with E-state index in [-0.39, 0.29) is 11.4 Å². The van der Waals surface area contributed by atoms with E-state index in [1.807, 2.05) is 0 Å². The van der Waals surface area contributed by atoms with Crippen LogP contribution in [0.1, 0.15) is 18.7 Å². The summed E-state index contributed by atoms with van der Waals surface area (Å²) in [5.74, 6) is -1.95. The Morgan fingerprint density at radius 2 is 2.28 bits per heavy atom. The van der Waals surface area contributed by atoms with Crippen molar-refractivity contribution < 1.29 is 14.3 Å². The average molecular weight is 269 g/mol. The molecular weight excluding hydrogens is 259 g/mol. The van der Waals surface area contributed by atoms with Gasteiger partial charge in [0.05, 0.1) is 11.9 Å². The van der Waals surface area contributed by atoms with Gasteiger partial charge in [0, 0.05) is 10.6 Å². The first-order chi connectivity index (χ1) is 8.49. The topological polar surface area (TPSA) is 66.0 Å². The first kappa shape index (κ1) is 12.6. The average Bonchev–Trinajstić information content (AvgIpc) is 2.80. The van der Waals surface area contributed by atoms with Gasteiger partial charge in [-0.15, -0.1) is 0 Å². The molecule has 1 aromatic carbocycles. The van der Waals surface area contributed by atoms with Crippen molar-refractivity contribution in [2.45, 2.75) is 12.8 Å². The van der Waals surface area contributed by atoms with Crippen LogP contribution in [0, 0.1) is 5.82 Å². The van der Waals surface area contributed by atoms with Gasteiger partial charge in [-0.25, -0.2) is 9.37 Å². The van der Waals surface area contributed by atoms with Crippen LogP contribution < -0.4 is 0 Å². The van der Waals surface area contributed by atoms with E-state index in [0.717, 1.165) is 0 Å². The van der Waals surface area contributed by atoms with Crippen LogP contribution in [0.2, 0.25) is 5.02 Å². The number of aliphatic carboxylic acids is 1. The van der Waals surface area contributed by atoms with Crippen LogP contribution in [0.5, 0.6) is 0 Å². The normalized spacial score (nSPS) is 12.4. The SMILES string of the molecule is CC(C(=O)O)c1ncc(-c2cc(Cl)ccc2F)[nH]1. The fraction of sp³-hybridized carbons (Fsp3) is 0.167. The van der Waals surface area contributed by atoms with Gasteiger partial charge in [0.15, 0.2) is 0 Å². The van der Waals surface area contributed by atoms with Crippen LogP contribution in [0.15, 0.2) is 24.4 Å². The maximum Gasteiger partial charge on any atom is 0.313 e. The van der Waals surface area contributed by atoms with Crippen LogP contribution in [-0.4, -0.2) is 21.0 Å². The Kier molecular flexibility index (Phi) is 3.34. The predicted octanol–water partition coefficient (Wildman–Crippen LogP) is 3.06. The Labute approximate surface area is 107 Å². The molecule has 4 nitrogen and oxygen atoms in total. The third-order valence-electron chi connectivity index (χ3n) is 2.59. The number of hydrogen-bond acceptors (Lipinski definition) is 2. The maximum atomic E-state index is 13.6. The molecule has 0 fully saturated rings. The van der Waals surface area contributed by atoms with Crippen LogP contribution in [-0.2, 0) is 4.79 Å². The summed E-state index contributed by atoms with van der Waals surface area (Å²) in [5, 5.41) is 9.26. The first-order valence-electron chi connectivity index (χ1n) is 5.22. The van der Waals surface area contributed by atoms with Crippen molar-refractivity contribution in [3.8, 4) is 11.3 Å². The van der Waals surface area contributed by atoms with Gasteiger partial charge in [0.2, 0.25) is 0 Å². The molecule has 94 valence electrons. The summed E-state index contributed by atoms with van der Waals surface area (Å²) in [6.45, 7) is 1.50. The molecular formula is C12H10ClFN2O2. The van der Waals surface area contributed by atoms with Gasteiger partial charge in [-0.1, -0.05) is 11.6 Å². The minimum atomic E-state index is -0.998. The minimum Gasteiger partial charge on any atom is -0.481 e. The molecule has 6 heteroatoms. The van der Waals surface area contributed by atoms with Crippen molar-refractivity contribution >= 4 is 17.6 Å². The second kappa shape index (κ2) is 4.78. The summed E-state index contributed by atoms with van der Waals surface area (Å²) >= 11 is 5.79. The third-order valence-corrected chi connectivity index (χ3v) is 2.83. The lowest BCUT2D eigenvalue weighted by Crippen LogP contribution is -2.08. The van der Waals surface area contributed by atoms with E-state index in [0.29, 0.717) is 10.7 Å². The second-order valence-electron chi connectivity index (χ2n) is 3.87. The van der Waals surface area contributed by atoms with Gasteiger partial charge in [0.25, 0.3) is 0 Å². The Balaban J connectivity index is 2.41. The van der Waals surface area contributed by atoms with E-state index < -0.39 is 17.7 Å². The minimum absolute atomic E-state index is 0.263. The highest BCUT2D eigenvalue weighted by molar-refractivity contribution is 6.30. The summed E-state index contributed by atoms with van der Waals surface area (Å²) in [7, 11) is 0. The van der Waals surface area contributed by atoms with Crippen molar-refractivity contribution in [2.75, 3.05) is 0 Å². The van der Waals surface area contributed by atoms with Crippen molar-refractivity contribution in [3.05, 3.63) is 41.1 Å². The highest BCUT2D eigenvalue weighted by atomic mass is 35.5. The lowest BCUT2D eigenvalue weighted by molar-refractivity contribution is -0.138. The molecule has 1 aromatic heterocycles. The van der Waals surface area contributed by atoms with Crippen molar-refractivity contribution in [3.63, 3.8) is 0 Å². The first-order valence-corrected chi connectivity index (χ1v) is 5.60. The number of imidazole rings is 1. The van der Waals surface area contributed by atoms with E-state index >= 15 is 0 Å². The number of aromatic amines is 1. The summed E-state index contributed by atoms with van der Waals surface area (Å²) in [4.78, 5) is 17.5. The molecule has 2 rings (SSSR count). The number of benzene rings is 1. The zero-order chi connectivity index (χ0) is 13.3. The number of rotatable bonds is 3. The zero-order valence-corrected chi connectivity index (χ0v) is 10.2. The molecule has 0 spiro atoms. The third kappa shape index (κ3) is 2.36. The van der Waals surface area contributed by atoms with Gasteiger partial charge in [-0.3, -0.25) is 4.79 Å². The molecule has 0 aliphatic heterocycles. The van der Waals surface area contributed by atoms with E-state index in [2.05, 4.69) is 9.97 Å². The number of nitrogens with one attached hydrogen (secondary N) is 1. The van der Waals surface area contributed by atoms with Gasteiger partial charge < -0.3 is 10.1 Å². The van der Waals surface area contributed by atoms with Gasteiger partial charge >= 0.3 is 5.97 Å². The predicted molar refractivity (Wildman–Crippen MR) is 65.0 cm³/mol. The molecule has 1 atom stereocenters. The molecule has 0 radical (unpaired) electrons. The van der Waals surface area contributed by atoms with Crippen molar-refractivity contribution in [1.29, 1.82) is 0 Å². The van der Waals surface area contributed by atoms with E-state index in [4.69, 9.17) is 16.7 Å². The lowest BCUT2D eigenvalue weighted by atomic mass is 10.1. The highest BCUT2D eigenvalue weighted by Crippen LogP contribution is 2.25. The largest absolute Gasteiger partial charge is 0.481 e. The Hall–Kier alpha value is -1.88. The van der Waals surface area contributed by atoms with Crippen LogP contribution in [0.4, 0.5) is 4.39 Å². The standard InChI is InChI=1S/C12H10ClFN2O2/c1-6(12(17)18)11-15-5-10(16-11)8-4-7(13)2-3-9(8)14/h2-6H,1H3,(H,15,16)(H,17,18). The van der Waals surface area contributed by atoms with Gasteiger partial charge in [-0.05, 0) is 25.1 Å². The highest BCUT2D eigenvalue weighted by Gasteiger charge is 2.18. The molecule has 1 unspecified atom stereocenters. The molecule has 0 saturated carbocycles. The monoisotopic (exact) mass is 268 g/mol. The Morgan fingerprint density at radius 1 is 1.56 bits per heavy atom. The molecule has 2 aromatic rings. The summed E-state index contributed by atoms with van der Waals surface area (Å²) in [5.41, 5.74) is 0.664. The quantitative estimate of drug-likeness (QED) is 0.899. The molecule has 0 bridgehead atoms. The van der Waals surface area contributed by atoms with E-state index in [1.54, 1.807) is 0 Å². The Bertz CT molecular complexity index is 598. The van der Waals surface area contributed by atoms with E-state index in [9.17, 15) is 9.18 Å².